The Hall–Kier alpha value is -2.40. The Morgan fingerprint density at radius 2 is 1.88 bits per heavy atom. The second-order valence-corrected chi connectivity index (χ2v) is 6.20. The molecule has 2 aromatic rings. The topological polar surface area (TPSA) is 66.1 Å². The summed E-state index contributed by atoms with van der Waals surface area (Å²) in [5, 5.41) is 9.50. The highest BCUT2D eigenvalue weighted by molar-refractivity contribution is 5.90. The van der Waals surface area contributed by atoms with E-state index in [-0.39, 0.29) is 5.91 Å². The maximum absolute atomic E-state index is 12.1. The lowest BCUT2D eigenvalue weighted by molar-refractivity contribution is -0.116. The van der Waals surface area contributed by atoms with Crippen LogP contribution in [0.2, 0.25) is 0 Å². The summed E-state index contributed by atoms with van der Waals surface area (Å²) in [6.07, 6.45) is 5.58. The van der Waals surface area contributed by atoms with Crippen LogP contribution < -0.4 is 16.0 Å². The zero-order chi connectivity index (χ0) is 16.6. The molecule has 0 aliphatic carbocycles. The molecule has 3 rings (SSSR count). The lowest BCUT2D eigenvalue weighted by atomic mass is 9.93. The largest absolute Gasteiger partial charge is 0.340 e. The summed E-state index contributed by atoms with van der Waals surface area (Å²) in [4.78, 5) is 16.4. The quantitative estimate of drug-likeness (QED) is 0.760. The molecular weight excluding hydrogens is 300 g/mol. The van der Waals surface area contributed by atoms with Crippen molar-refractivity contribution >= 4 is 23.1 Å². The van der Waals surface area contributed by atoms with Gasteiger partial charge in [-0.2, -0.15) is 0 Å². The molecular formula is C19H24N4O. The van der Waals surface area contributed by atoms with Crippen LogP contribution in [-0.4, -0.2) is 24.0 Å². The van der Waals surface area contributed by atoms with E-state index >= 15 is 0 Å². The van der Waals surface area contributed by atoms with Crippen LogP contribution in [0.4, 0.5) is 17.2 Å². The van der Waals surface area contributed by atoms with Gasteiger partial charge in [0, 0.05) is 12.1 Å². The van der Waals surface area contributed by atoms with Gasteiger partial charge in [-0.3, -0.25) is 4.79 Å². The highest BCUT2D eigenvalue weighted by Gasteiger charge is 2.14. The third kappa shape index (κ3) is 5.06. The molecule has 1 aromatic heterocycles. The van der Waals surface area contributed by atoms with E-state index < -0.39 is 0 Å². The van der Waals surface area contributed by atoms with E-state index in [1.165, 1.54) is 12.8 Å². The molecule has 1 saturated heterocycles. The van der Waals surface area contributed by atoms with E-state index in [0.29, 0.717) is 12.3 Å². The third-order valence-electron chi connectivity index (χ3n) is 4.33. The van der Waals surface area contributed by atoms with Crippen molar-refractivity contribution in [3.8, 4) is 0 Å². The molecule has 126 valence electrons. The summed E-state index contributed by atoms with van der Waals surface area (Å²) < 4.78 is 0. The molecule has 0 radical (unpaired) electrons. The normalized spacial score (nSPS) is 15.0. The van der Waals surface area contributed by atoms with Crippen LogP contribution in [0, 0.1) is 5.92 Å². The molecule has 1 fully saturated rings. The van der Waals surface area contributed by atoms with E-state index in [2.05, 4.69) is 20.9 Å². The van der Waals surface area contributed by atoms with E-state index in [0.717, 1.165) is 36.7 Å². The number of piperidine rings is 1. The SMILES string of the molecule is O=C(CCC1CCNCC1)Nc1ccc(Nc2ccccc2)nc1. The zero-order valence-electron chi connectivity index (χ0n) is 13.8. The minimum atomic E-state index is 0.0686. The smallest absolute Gasteiger partial charge is 0.224 e. The molecule has 0 atom stereocenters. The lowest BCUT2D eigenvalue weighted by Crippen LogP contribution is -2.28. The highest BCUT2D eigenvalue weighted by Crippen LogP contribution is 2.19. The van der Waals surface area contributed by atoms with Crippen LogP contribution in [0.1, 0.15) is 25.7 Å². The molecule has 0 saturated carbocycles. The van der Waals surface area contributed by atoms with Gasteiger partial charge in [0.15, 0.2) is 0 Å². The Morgan fingerprint density at radius 1 is 1.08 bits per heavy atom. The molecule has 1 amide bonds. The highest BCUT2D eigenvalue weighted by atomic mass is 16.1. The molecule has 5 nitrogen and oxygen atoms in total. The van der Waals surface area contributed by atoms with Crippen molar-refractivity contribution in [1.82, 2.24) is 10.3 Å². The monoisotopic (exact) mass is 324 g/mol. The minimum absolute atomic E-state index is 0.0686. The van der Waals surface area contributed by atoms with Crippen LogP contribution in [0.15, 0.2) is 48.7 Å². The van der Waals surface area contributed by atoms with Crippen LogP contribution in [0.3, 0.4) is 0 Å². The summed E-state index contributed by atoms with van der Waals surface area (Å²) in [5.74, 6) is 1.50. The Kier molecular flexibility index (Phi) is 5.80. The summed E-state index contributed by atoms with van der Waals surface area (Å²) >= 11 is 0. The van der Waals surface area contributed by atoms with Gasteiger partial charge < -0.3 is 16.0 Å². The average Bonchev–Trinajstić information content (AvgIpc) is 2.63. The molecule has 1 aliphatic rings. The molecule has 3 N–H and O–H groups in total. The van der Waals surface area contributed by atoms with Gasteiger partial charge in [0.05, 0.1) is 11.9 Å². The van der Waals surface area contributed by atoms with Gasteiger partial charge in [-0.1, -0.05) is 18.2 Å². The average molecular weight is 324 g/mol. The van der Waals surface area contributed by atoms with Crippen molar-refractivity contribution in [3.63, 3.8) is 0 Å². The van der Waals surface area contributed by atoms with Gasteiger partial charge in [0.2, 0.25) is 5.91 Å². The number of nitrogens with zero attached hydrogens (tertiary/aromatic N) is 1. The molecule has 5 heteroatoms. The number of amides is 1. The Balaban J connectivity index is 1.45. The van der Waals surface area contributed by atoms with Gasteiger partial charge in [-0.05, 0) is 62.5 Å². The first-order valence-corrected chi connectivity index (χ1v) is 8.58. The minimum Gasteiger partial charge on any atom is -0.340 e. The van der Waals surface area contributed by atoms with E-state index in [1.54, 1.807) is 6.20 Å². The third-order valence-corrected chi connectivity index (χ3v) is 4.33. The lowest BCUT2D eigenvalue weighted by Gasteiger charge is -2.22. The molecule has 24 heavy (non-hydrogen) atoms. The number of pyridine rings is 1. The predicted octanol–water partition coefficient (Wildman–Crippen LogP) is 3.54. The first-order chi connectivity index (χ1) is 11.8. The summed E-state index contributed by atoms with van der Waals surface area (Å²) in [6, 6.07) is 13.6. The number of hydrogen-bond acceptors (Lipinski definition) is 4. The summed E-state index contributed by atoms with van der Waals surface area (Å²) in [6.45, 7) is 2.15. The van der Waals surface area contributed by atoms with Gasteiger partial charge in [-0.15, -0.1) is 0 Å². The number of hydrogen-bond donors (Lipinski definition) is 3. The fourth-order valence-electron chi connectivity index (χ4n) is 2.94. The van der Waals surface area contributed by atoms with Crippen molar-refractivity contribution in [2.24, 2.45) is 5.92 Å². The fraction of sp³-hybridized carbons (Fsp3) is 0.368. The van der Waals surface area contributed by atoms with Crippen molar-refractivity contribution in [3.05, 3.63) is 48.7 Å². The first kappa shape index (κ1) is 16.5. The maximum Gasteiger partial charge on any atom is 0.224 e. The number of rotatable bonds is 6. The van der Waals surface area contributed by atoms with Crippen LogP contribution in [-0.2, 0) is 4.79 Å². The van der Waals surface area contributed by atoms with Crippen molar-refractivity contribution < 1.29 is 4.79 Å². The Bertz CT molecular complexity index is 636. The number of carbonyl (C=O) groups is 1. The second kappa shape index (κ2) is 8.45. The maximum atomic E-state index is 12.1. The standard InChI is InChI=1S/C19H24N4O/c24-19(9-6-15-10-12-20-13-11-15)23-17-7-8-18(21-14-17)22-16-4-2-1-3-5-16/h1-5,7-8,14-15,20H,6,9-13H2,(H,21,22)(H,23,24). The van der Waals surface area contributed by atoms with Crippen molar-refractivity contribution in [2.75, 3.05) is 23.7 Å². The molecule has 0 bridgehead atoms. The van der Waals surface area contributed by atoms with Crippen LogP contribution in [0.25, 0.3) is 0 Å². The summed E-state index contributed by atoms with van der Waals surface area (Å²) in [7, 11) is 0. The number of aromatic nitrogens is 1. The first-order valence-electron chi connectivity index (χ1n) is 8.58. The number of anilines is 3. The molecule has 1 aliphatic heterocycles. The fourth-order valence-corrected chi connectivity index (χ4v) is 2.94. The van der Waals surface area contributed by atoms with Crippen molar-refractivity contribution in [2.45, 2.75) is 25.7 Å². The van der Waals surface area contributed by atoms with Gasteiger partial charge in [0.1, 0.15) is 5.82 Å². The Morgan fingerprint density at radius 3 is 2.58 bits per heavy atom. The second-order valence-electron chi connectivity index (χ2n) is 6.20. The predicted molar refractivity (Wildman–Crippen MR) is 97.4 cm³/mol. The van der Waals surface area contributed by atoms with E-state index in [4.69, 9.17) is 0 Å². The Labute approximate surface area is 142 Å². The molecule has 0 unspecified atom stereocenters. The zero-order valence-corrected chi connectivity index (χ0v) is 13.8. The van der Waals surface area contributed by atoms with Crippen molar-refractivity contribution in [1.29, 1.82) is 0 Å². The number of para-hydroxylation sites is 1. The van der Waals surface area contributed by atoms with E-state index in [9.17, 15) is 4.79 Å². The van der Waals surface area contributed by atoms with E-state index in [1.807, 2.05) is 42.5 Å². The van der Waals surface area contributed by atoms with Gasteiger partial charge in [-0.25, -0.2) is 4.98 Å². The molecule has 1 aromatic carbocycles. The van der Waals surface area contributed by atoms with Crippen LogP contribution >= 0.6 is 0 Å². The molecule has 0 spiro atoms. The van der Waals surface area contributed by atoms with Gasteiger partial charge in [0.25, 0.3) is 0 Å². The van der Waals surface area contributed by atoms with Crippen LogP contribution in [0.5, 0.6) is 0 Å². The van der Waals surface area contributed by atoms with Gasteiger partial charge >= 0.3 is 0 Å². The molecule has 2 heterocycles. The number of nitrogens with one attached hydrogen (secondary N) is 3. The number of carbonyl (C=O) groups excluding carboxylic acids is 1. The summed E-state index contributed by atoms with van der Waals surface area (Å²) in [5.41, 5.74) is 1.73. The number of benzene rings is 1.